The molecule has 0 saturated heterocycles. The van der Waals surface area contributed by atoms with Crippen molar-refractivity contribution in [2.24, 2.45) is 5.92 Å². The van der Waals surface area contributed by atoms with Crippen LogP contribution in [0, 0.1) is 5.92 Å². The number of halogens is 1. The third-order valence-corrected chi connectivity index (χ3v) is 4.31. The Hall–Kier alpha value is -0.340. The molecule has 1 aromatic carbocycles. The predicted octanol–water partition coefficient (Wildman–Crippen LogP) is 4.53. The van der Waals surface area contributed by atoms with Crippen LogP contribution in [0.2, 0.25) is 0 Å². The number of nitrogens with zero attached hydrogens (tertiary/aromatic N) is 1. The highest BCUT2D eigenvalue weighted by atomic mass is 79.9. The molecule has 0 aliphatic rings. The Morgan fingerprint density at radius 3 is 2.22 bits per heavy atom. The van der Waals surface area contributed by atoms with E-state index in [0.29, 0.717) is 12.0 Å². The van der Waals surface area contributed by atoms with Crippen molar-refractivity contribution in [2.75, 3.05) is 18.9 Å². The van der Waals surface area contributed by atoms with Crippen LogP contribution in [0.1, 0.15) is 38.7 Å². The van der Waals surface area contributed by atoms with Gasteiger partial charge in [0.25, 0.3) is 0 Å². The second-order valence-corrected chi connectivity index (χ2v) is 6.33. The lowest BCUT2D eigenvalue weighted by molar-refractivity contribution is 0.220. The summed E-state index contributed by atoms with van der Waals surface area (Å²) in [4.78, 5) is 2.49. The van der Waals surface area contributed by atoms with Crippen LogP contribution in [0.5, 0.6) is 0 Å². The van der Waals surface area contributed by atoms with Crippen LogP contribution < -0.4 is 0 Å². The van der Waals surface area contributed by atoms with Gasteiger partial charge in [-0.05, 0) is 31.9 Å². The fourth-order valence-corrected chi connectivity index (χ4v) is 2.94. The molecule has 2 atom stereocenters. The van der Waals surface area contributed by atoms with E-state index < -0.39 is 0 Å². The molecule has 18 heavy (non-hydrogen) atoms. The lowest BCUT2D eigenvalue weighted by Gasteiger charge is -2.29. The van der Waals surface area contributed by atoms with E-state index in [2.05, 4.69) is 79.0 Å². The van der Waals surface area contributed by atoms with Crippen molar-refractivity contribution < 1.29 is 0 Å². The molecule has 0 amide bonds. The molecule has 1 rings (SSSR count). The zero-order valence-corrected chi connectivity index (χ0v) is 13.7. The third kappa shape index (κ3) is 5.11. The zero-order chi connectivity index (χ0) is 13.5. The van der Waals surface area contributed by atoms with Gasteiger partial charge in [-0.2, -0.15) is 0 Å². The lowest BCUT2D eigenvalue weighted by atomic mass is 9.98. The summed E-state index contributed by atoms with van der Waals surface area (Å²) < 4.78 is 0. The summed E-state index contributed by atoms with van der Waals surface area (Å²) in [5.74, 6) is 1.34. The normalized spacial score (nSPS) is 15.1. The summed E-state index contributed by atoms with van der Waals surface area (Å²) in [6, 6.07) is 11.4. The lowest BCUT2D eigenvalue weighted by Crippen LogP contribution is -2.34. The molecule has 0 saturated carbocycles. The molecule has 0 bridgehead atoms. The van der Waals surface area contributed by atoms with Crippen molar-refractivity contribution in [2.45, 2.75) is 39.2 Å². The average molecular weight is 312 g/mol. The van der Waals surface area contributed by atoms with E-state index in [1.54, 1.807) is 0 Å². The Balaban J connectivity index is 2.58. The average Bonchev–Trinajstić information content (AvgIpc) is 2.35. The SMILES string of the molecule is CC(C)CC(C)N(C)CC(CBr)c1ccccc1. The van der Waals surface area contributed by atoms with Crippen molar-refractivity contribution in [1.82, 2.24) is 4.90 Å². The first-order valence-electron chi connectivity index (χ1n) is 6.85. The summed E-state index contributed by atoms with van der Waals surface area (Å²) in [5, 5.41) is 1.02. The highest BCUT2D eigenvalue weighted by molar-refractivity contribution is 9.09. The van der Waals surface area contributed by atoms with Crippen LogP contribution in [-0.2, 0) is 0 Å². The van der Waals surface area contributed by atoms with Crippen molar-refractivity contribution in [3.63, 3.8) is 0 Å². The first-order valence-corrected chi connectivity index (χ1v) is 7.97. The monoisotopic (exact) mass is 311 g/mol. The molecule has 0 aliphatic heterocycles. The van der Waals surface area contributed by atoms with Crippen LogP contribution in [0.25, 0.3) is 0 Å². The molecule has 1 aromatic rings. The summed E-state index contributed by atoms with van der Waals surface area (Å²) >= 11 is 3.65. The quantitative estimate of drug-likeness (QED) is 0.669. The highest BCUT2D eigenvalue weighted by Gasteiger charge is 2.17. The Labute approximate surface area is 121 Å². The van der Waals surface area contributed by atoms with E-state index in [0.717, 1.165) is 17.8 Å². The number of benzene rings is 1. The van der Waals surface area contributed by atoms with Crippen LogP contribution in [0.15, 0.2) is 30.3 Å². The van der Waals surface area contributed by atoms with Crippen LogP contribution in [0.4, 0.5) is 0 Å². The molecule has 0 aliphatic carbocycles. The van der Waals surface area contributed by atoms with Crippen molar-refractivity contribution >= 4 is 15.9 Å². The molecule has 102 valence electrons. The number of hydrogen-bond acceptors (Lipinski definition) is 1. The van der Waals surface area contributed by atoms with Crippen LogP contribution in [0.3, 0.4) is 0 Å². The minimum absolute atomic E-state index is 0.575. The van der Waals surface area contributed by atoms with E-state index in [9.17, 15) is 0 Å². The second-order valence-electron chi connectivity index (χ2n) is 5.68. The van der Waals surface area contributed by atoms with Gasteiger partial charge in [0.05, 0.1) is 0 Å². The van der Waals surface area contributed by atoms with Crippen molar-refractivity contribution in [1.29, 1.82) is 0 Å². The summed E-state index contributed by atoms with van der Waals surface area (Å²) in [7, 11) is 2.24. The van der Waals surface area contributed by atoms with Gasteiger partial charge in [-0.25, -0.2) is 0 Å². The minimum Gasteiger partial charge on any atom is -0.303 e. The number of alkyl halides is 1. The van der Waals surface area contributed by atoms with Gasteiger partial charge in [0.15, 0.2) is 0 Å². The van der Waals surface area contributed by atoms with E-state index in [1.165, 1.54) is 12.0 Å². The highest BCUT2D eigenvalue weighted by Crippen LogP contribution is 2.21. The maximum Gasteiger partial charge on any atom is 0.0112 e. The maximum atomic E-state index is 3.65. The van der Waals surface area contributed by atoms with Crippen LogP contribution >= 0.6 is 15.9 Å². The van der Waals surface area contributed by atoms with Gasteiger partial charge in [-0.3, -0.25) is 0 Å². The largest absolute Gasteiger partial charge is 0.303 e. The Kier molecular flexibility index (Phi) is 6.95. The van der Waals surface area contributed by atoms with E-state index in [4.69, 9.17) is 0 Å². The molecular weight excluding hydrogens is 286 g/mol. The predicted molar refractivity (Wildman–Crippen MR) is 84.5 cm³/mol. The standard InChI is InChI=1S/C16H26BrN/c1-13(2)10-14(3)18(4)12-16(11-17)15-8-6-5-7-9-15/h5-9,13-14,16H,10-12H2,1-4H3. The van der Waals surface area contributed by atoms with Gasteiger partial charge >= 0.3 is 0 Å². The summed E-state index contributed by atoms with van der Waals surface area (Å²) in [5.41, 5.74) is 1.43. The van der Waals surface area contributed by atoms with Gasteiger partial charge in [0.1, 0.15) is 0 Å². The van der Waals surface area contributed by atoms with E-state index >= 15 is 0 Å². The first-order chi connectivity index (χ1) is 8.54. The van der Waals surface area contributed by atoms with Gasteiger partial charge in [0, 0.05) is 23.8 Å². The molecule has 0 radical (unpaired) electrons. The smallest absolute Gasteiger partial charge is 0.0112 e. The fourth-order valence-electron chi connectivity index (χ4n) is 2.36. The fraction of sp³-hybridized carbons (Fsp3) is 0.625. The zero-order valence-electron chi connectivity index (χ0n) is 12.1. The van der Waals surface area contributed by atoms with E-state index in [1.807, 2.05) is 0 Å². The molecule has 1 nitrogen and oxygen atoms in total. The third-order valence-electron chi connectivity index (χ3n) is 3.53. The molecule has 0 spiro atoms. The summed E-state index contributed by atoms with van der Waals surface area (Å²) in [6.07, 6.45) is 1.26. The minimum atomic E-state index is 0.575. The molecule has 2 unspecified atom stereocenters. The van der Waals surface area contributed by atoms with Gasteiger partial charge in [-0.15, -0.1) is 0 Å². The van der Waals surface area contributed by atoms with Crippen LogP contribution in [-0.4, -0.2) is 29.9 Å². The topological polar surface area (TPSA) is 3.24 Å². The van der Waals surface area contributed by atoms with Crippen molar-refractivity contribution in [3.8, 4) is 0 Å². The van der Waals surface area contributed by atoms with Crippen molar-refractivity contribution in [3.05, 3.63) is 35.9 Å². The molecule has 0 fully saturated rings. The van der Waals surface area contributed by atoms with E-state index in [-0.39, 0.29) is 0 Å². The molecule has 2 heteroatoms. The Morgan fingerprint density at radius 2 is 1.72 bits per heavy atom. The van der Waals surface area contributed by atoms with Gasteiger partial charge < -0.3 is 4.90 Å². The molecule has 0 aromatic heterocycles. The molecule has 0 heterocycles. The van der Waals surface area contributed by atoms with Gasteiger partial charge in [-0.1, -0.05) is 60.1 Å². The number of likely N-dealkylation sites (N-methyl/N-ethyl adjacent to an activating group) is 1. The Bertz CT molecular complexity index is 323. The maximum absolute atomic E-state index is 3.65. The number of hydrogen-bond donors (Lipinski definition) is 0. The first kappa shape index (κ1) is 15.7. The summed E-state index contributed by atoms with van der Waals surface area (Å²) in [6.45, 7) is 8.03. The number of rotatable bonds is 7. The Morgan fingerprint density at radius 1 is 1.11 bits per heavy atom. The second kappa shape index (κ2) is 7.96. The van der Waals surface area contributed by atoms with Gasteiger partial charge in [0.2, 0.25) is 0 Å². The molecule has 0 N–H and O–H groups in total. The molecular formula is C16H26BrN.